The average molecular weight is 1020 g/mol. The van der Waals surface area contributed by atoms with Crippen LogP contribution >= 0.6 is 0 Å². The van der Waals surface area contributed by atoms with Crippen LogP contribution in [0.25, 0.3) is 0 Å². The van der Waals surface area contributed by atoms with Crippen molar-refractivity contribution in [1.29, 1.82) is 0 Å². The number of likely N-dealkylation sites (N-methyl/N-ethyl adjacent to an activating group) is 1. The minimum atomic E-state index is -1.52. The first-order valence-electron chi connectivity index (χ1n) is 29.4. The van der Waals surface area contributed by atoms with Crippen LogP contribution in [0.3, 0.4) is 0 Å². The third-order valence-electron chi connectivity index (χ3n) is 12.3. The van der Waals surface area contributed by atoms with Crippen molar-refractivity contribution in [2.75, 3.05) is 47.5 Å². The summed E-state index contributed by atoms with van der Waals surface area (Å²) in [5.41, 5.74) is 0. The smallest absolute Gasteiger partial charge is 0.361 e. The monoisotopic (exact) mass is 1020 g/mol. The molecule has 0 spiro atoms. The van der Waals surface area contributed by atoms with Crippen LogP contribution in [0.1, 0.15) is 232 Å². The maximum atomic E-state index is 12.9. The summed E-state index contributed by atoms with van der Waals surface area (Å²) < 4.78 is 22.8. The number of carbonyl (C=O) groups excluding carboxylic acids is 2. The van der Waals surface area contributed by atoms with E-state index in [0.717, 1.165) is 103 Å². The van der Waals surface area contributed by atoms with Gasteiger partial charge in [-0.15, -0.1) is 0 Å². The largest absolute Gasteiger partial charge is 0.477 e. The molecule has 0 fully saturated rings. The van der Waals surface area contributed by atoms with Crippen LogP contribution in [0.15, 0.2) is 97.2 Å². The van der Waals surface area contributed by atoms with Crippen molar-refractivity contribution in [1.82, 2.24) is 0 Å². The summed E-state index contributed by atoms with van der Waals surface area (Å²) in [6, 6.07) is 0. The van der Waals surface area contributed by atoms with Crippen LogP contribution in [0.4, 0.5) is 0 Å². The molecule has 9 nitrogen and oxygen atoms in total. The number of aliphatic carboxylic acids is 1. The normalized spacial score (nSPS) is 13.5. The minimum absolute atomic E-state index is 0.181. The van der Waals surface area contributed by atoms with Crippen molar-refractivity contribution < 1.29 is 42.9 Å². The molecule has 0 amide bonds. The summed E-state index contributed by atoms with van der Waals surface area (Å²) >= 11 is 0. The Labute approximate surface area is 448 Å². The predicted octanol–water partition coefficient (Wildman–Crippen LogP) is 17.3. The van der Waals surface area contributed by atoms with Gasteiger partial charge in [-0.3, -0.25) is 9.59 Å². The molecule has 2 unspecified atom stereocenters. The molecule has 418 valence electrons. The molecular weight excluding hydrogens is 911 g/mol. The number of rotatable bonds is 53. The van der Waals surface area contributed by atoms with Gasteiger partial charge in [-0.05, 0) is 89.9 Å². The van der Waals surface area contributed by atoms with Crippen LogP contribution in [0.2, 0.25) is 0 Å². The van der Waals surface area contributed by atoms with Crippen molar-refractivity contribution in [3.8, 4) is 0 Å². The van der Waals surface area contributed by atoms with Gasteiger partial charge in [-0.25, -0.2) is 4.79 Å². The second-order valence-electron chi connectivity index (χ2n) is 20.5. The Hall–Kier alpha value is -3.79. The summed E-state index contributed by atoms with van der Waals surface area (Å²) in [4.78, 5) is 37.4. The van der Waals surface area contributed by atoms with Gasteiger partial charge in [-0.2, -0.15) is 0 Å². The molecule has 0 radical (unpaired) electrons. The fourth-order valence-corrected chi connectivity index (χ4v) is 7.88. The molecule has 0 aliphatic heterocycles. The topological polar surface area (TPSA) is 108 Å². The van der Waals surface area contributed by atoms with Crippen molar-refractivity contribution in [3.63, 3.8) is 0 Å². The van der Waals surface area contributed by atoms with E-state index < -0.39 is 24.3 Å². The average Bonchev–Trinajstić information content (AvgIpc) is 3.36. The molecule has 0 aliphatic rings. The van der Waals surface area contributed by atoms with Gasteiger partial charge in [0, 0.05) is 12.8 Å². The number of carboxylic acid groups (broad SMARTS) is 1. The lowest BCUT2D eigenvalue weighted by molar-refractivity contribution is -0.870. The summed E-state index contributed by atoms with van der Waals surface area (Å²) in [6.07, 6.45) is 70.7. The van der Waals surface area contributed by atoms with E-state index in [1.165, 1.54) is 96.3 Å². The second-order valence-corrected chi connectivity index (χ2v) is 20.5. The van der Waals surface area contributed by atoms with Crippen molar-refractivity contribution in [2.24, 2.45) is 0 Å². The Morgan fingerprint density at radius 2 is 0.740 bits per heavy atom. The summed E-state index contributed by atoms with van der Waals surface area (Å²) in [5.74, 6) is -2.03. The van der Waals surface area contributed by atoms with Gasteiger partial charge in [-0.1, -0.05) is 227 Å². The van der Waals surface area contributed by atoms with E-state index in [1.807, 2.05) is 21.1 Å². The van der Waals surface area contributed by atoms with Crippen molar-refractivity contribution >= 4 is 17.9 Å². The molecule has 0 aromatic rings. The van der Waals surface area contributed by atoms with E-state index in [2.05, 4.69) is 111 Å². The van der Waals surface area contributed by atoms with Crippen LogP contribution in [0.5, 0.6) is 0 Å². The number of quaternary nitrogens is 1. The lowest BCUT2D eigenvalue weighted by atomic mass is 10.0. The van der Waals surface area contributed by atoms with Gasteiger partial charge in [0.15, 0.2) is 6.10 Å². The Morgan fingerprint density at radius 3 is 1.10 bits per heavy atom. The molecule has 0 rings (SSSR count). The molecule has 1 N–H and O–H groups in total. The van der Waals surface area contributed by atoms with E-state index in [-0.39, 0.29) is 38.6 Å². The number of esters is 2. The number of allylic oxidation sites excluding steroid dienone is 16. The lowest BCUT2D eigenvalue weighted by Gasteiger charge is -2.25. The molecule has 0 aromatic heterocycles. The van der Waals surface area contributed by atoms with Crippen molar-refractivity contribution in [2.45, 2.75) is 245 Å². The molecule has 0 aromatic carbocycles. The SMILES string of the molecule is CC/C=C\C/C=C\C/C=C\C/C=C\C/C=C\CCCCCCCCCCCCCCCCCCCC(=O)OC(COC(=O)CCCCCCC/C=C\C/C=C\C/C=C\CC)COC(OCC[N+](C)(C)C)C(=O)O. The Morgan fingerprint density at radius 1 is 0.411 bits per heavy atom. The molecule has 0 aliphatic carbocycles. The van der Waals surface area contributed by atoms with E-state index in [4.69, 9.17) is 18.9 Å². The predicted molar refractivity (Wildman–Crippen MR) is 309 cm³/mol. The number of unbranched alkanes of at least 4 members (excludes halogenated alkanes) is 22. The molecule has 0 saturated heterocycles. The van der Waals surface area contributed by atoms with Crippen LogP contribution < -0.4 is 0 Å². The highest BCUT2D eigenvalue weighted by Gasteiger charge is 2.25. The van der Waals surface area contributed by atoms with E-state index in [9.17, 15) is 19.5 Å². The molecule has 9 heteroatoms. The zero-order chi connectivity index (χ0) is 53.4. The first-order chi connectivity index (χ1) is 35.6. The number of hydrogen-bond donors (Lipinski definition) is 1. The van der Waals surface area contributed by atoms with Gasteiger partial charge < -0.3 is 28.5 Å². The Bertz CT molecular complexity index is 1520. The first-order valence-corrected chi connectivity index (χ1v) is 29.4. The second kappa shape index (κ2) is 54.5. The van der Waals surface area contributed by atoms with E-state index in [0.29, 0.717) is 17.4 Å². The van der Waals surface area contributed by atoms with Gasteiger partial charge in [0.1, 0.15) is 13.2 Å². The fraction of sp³-hybridized carbons (Fsp3) is 0.703. The number of hydrogen-bond acceptors (Lipinski definition) is 7. The van der Waals surface area contributed by atoms with Gasteiger partial charge >= 0.3 is 17.9 Å². The number of ether oxygens (including phenoxy) is 4. The molecule has 73 heavy (non-hydrogen) atoms. The summed E-state index contributed by atoms with van der Waals surface area (Å²) in [5, 5.41) is 9.69. The first kappa shape index (κ1) is 69.2. The fourth-order valence-electron chi connectivity index (χ4n) is 7.88. The van der Waals surface area contributed by atoms with Gasteiger partial charge in [0.2, 0.25) is 0 Å². The van der Waals surface area contributed by atoms with Crippen LogP contribution in [0, 0.1) is 0 Å². The molecule has 0 bridgehead atoms. The van der Waals surface area contributed by atoms with Crippen LogP contribution in [-0.4, -0.2) is 87.4 Å². The standard InChI is InChI=1S/C64H109NO8/c1-6-8-10-12-14-16-18-20-22-23-24-25-26-27-28-29-30-31-32-33-34-35-36-37-38-39-41-43-45-47-49-51-53-55-62(67)73-60(59-72-64(63(68)69)70-57-56-65(3,4)5)58-71-61(66)54-52-50-48-46-44-42-40-21-19-17-15-13-11-9-7-2/h8-11,14-17,20-22,24-25,27-28,40,60,64H,6-7,12-13,18-19,23,26,29-39,41-59H2,1-5H3/p+1/b10-8-,11-9-,16-14-,17-15-,22-20-,25-24-,28-27-,40-21-. The summed E-state index contributed by atoms with van der Waals surface area (Å²) in [6.45, 7) is 4.63. The zero-order valence-electron chi connectivity index (χ0n) is 47.5. The Balaban J connectivity index is 4.14. The highest BCUT2D eigenvalue weighted by molar-refractivity contribution is 5.71. The maximum Gasteiger partial charge on any atom is 0.361 e. The highest BCUT2D eigenvalue weighted by Crippen LogP contribution is 2.16. The molecule has 0 heterocycles. The maximum absolute atomic E-state index is 12.9. The third-order valence-corrected chi connectivity index (χ3v) is 12.3. The zero-order valence-corrected chi connectivity index (χ0v) is 47.5. The van der Waals surface area contributed by atoms with Crippen molar-refractivity contribution in [3.05, 3.63) is 97.2 Å². The molecular formula is C64H110NO8+. The molecule has 0 saturated carbocycles. The highest BCUT2D eigenvalue weighted by atomic mass is 16.7. The third kappa shape index (κ3) is 55.8. The quantitative estimate of drug-likeness (QED) is 0.0211. The lowest BCUT2D eigenvalue weighted by Crippen LogP contribution is -2.40. The Kier molecular flexibility index (Phi) is 51.6. The van der Waals surface area contributed by atoms with E-state index in [1.54, 1.807) is 0 Å². The number of nitrogens with zero attached hydrogens (tertiary/aromatic N) is 1. The molecule has 2 atom stereocenters. The van der Waals surface area contributed by atoms with E-state index >= 15 is 0 Å². The van der Waals surface area contributed by atoms with Gasteiger partial charge in [0.05, 0.1) is 34.4 Å². The number of carbonyl (C=O) groups is 3. The number of carboxylic acids is 1. The van der Waals surface area contributed by atoms with Gasteiger partial charge in [0.25, 0.3) is 6.29 Å². The summed E-state index contributed by atoms with van der Waals surface area (Å²) in [7, 11) is 5.96. The minimum Gasteiger partial charge on any atom is -0.477 e. The van der Waals surface area contributed by atoms with Crippen LogP contribution in [-0.2, 0) is 33.3 Å².